The maximum atomic E-state index is 8.88. The molecule has 0 amide bonds. The lowest BCUT2D eigenvalue weighted by molar-refractivity contribution is 0.109. The van der Waals surface area contributed by atoms with Crippen LogP contribution in [0, 0.1) is 11.3 Å². The van der Waals surface area contributed by atoms with Crippen LogP contribution in [-0.4, -0.2) is 29.6 Å². The molecular weight excluding hydrogens is 258 g/mol. The van der Waals surface area contributed by atoms with Crippen LogP contribution < -0.4 is 5.32 Å². The molecular formula is C18H25N3. The Bertz CT molecular complexity index is 488. The van der Waals surface area contributed by atoms with Crippen molar-refractivity contribution in [2.45, 2.75) is 63.7 Å². The first-order chi connectivity index (χ1) is 10.3. The van der Waals surface area contributed by atoms with E-state index in [-0.39, 0.29) is 0 Å². The Hall–Kier alpha value is -1.37. The Morgan fingerprint density at radius 3 is 2.43 bits per heavy atom. The molecule has 1 N–H and O–H groups in total. The average molecular weight is 283 g/mol. The number of hydrogen-bond acceptors (Lipinski definition) is 3. The van der Waals surface area contributed by atoms with Crippen LogP contribution in [0.3, 0.4) is 0 Å². The van der Waals surface area contributed by atoms with E-state index in [1.54, 1.807) is 0 Å². The SMILES string of the molecule is CCCNC1CC2CCC(C1)N2Cc1ccc(C#N)cc1. The third kappa shape index (κ3) is 3.28. The summed E-state index contributed by atoms with van der Waals surface area (Å²) in [5.41, 5.74) is 2.09. The summed E-state index contributed by atoms with van der Waals surface area (Å²) < 4.78 is 0. The molecule has 3 nitrogen and oxygen atoms in total. The molecule has 3 rings (SSSR count). The number of nitrogens with zero attached hydrogens (tertiary/aromatic N) is 2. The molecule has 1 aromatic rings. The molecule has 0 saturated carbocycles. The van der Waals surface area contributed by atoms with Crippen LogP contribution in [0.5, 0.6) is 0 Å². The fourth-order valence-corrected chi connectivity index (χ4v) is 3.94. The van der Waals surface area contributed by atoms with Gasteiger partial charge in [0.25, 0.3) is 0 Å². The van der Waals surface area contributed by atoms with Crippen molar-refractivity contribution in [3.63, 3.8) is 0 Å². The fourth-order valence-electron chi connectivity index (χ4n) is 3.94. The topological polar surface area (TPSA) is 39.1 Å². The van der Waals surface area contributed by atoms with E-state index in [0.717, 1.165) is 36.8 Å². The average Bonchev–Trinajstić information content (AvgIpc) is 2.75. The van der Waals surface area contributed by atoms with E-state index in [0.29, 0.717) is 0 Å². The van der Waals surface area contributed by atoms with Crippen LogP contribution in [0.1, 0.15) is 50.2 Å². The number of piperidine rings is 1. The van der Waals surface area contributed by atoms with E-state index < -0.39 is 0 Å². The Morgan fingerprint density at radius 2 is 1.86 bits per heavy atom. The first kappa shape index (κ1) is 14.6. The van der Waals surface area contributed by atoms with Gasteiger partial charge in [-0.2, -0.15) is 5.26 Å². The summed E-state index contributed by atoms with van der Waals surface area (Å²) in [5.74, 6) is 0. The molecule has 112 valence electrons. The third-order valence-corrected chi connectivity index (χ3v) is 5.02. The molecule has 3 heteroatoms. The minimum absolute atomic E-state index is 0.722. The maximum absolute atomic E-state index is 8.88. The van der Waals surface area contributed by atoms with Crippen molar-refractivity contribution in [1.29, 1.82) is 5.26 Å². The van der Waals surface area contributed by atoms with Crippen molar-refractivity contribution in [3.05, 3.63) is 35.4 Å². The smallest absolute Gasteiger partial charge is 0.0991 e. The molecule has 0 spiro atoms. The molecule has 2 aliphatic heterocycles. The molecule has 2 bridgehead atoms. The minimum Gasteiger partial charge on any atom is -0.314 e. The van der Waals surface area contributed by atoms with Gasteiger partial charge in [0, 0.05) is 24.7 Å². The number of rotatable bonds is 5. The monoisotopic (exact) mass is 283 g/mol. The van der Waals surface area contributed by atoms with E-state index >= 15 is 0 Å². The summed E-state index contributed by atoms with van der Waals surface area (Å²) in [6, 6.07) is 12.5. The van der Waals surface area contributed by atoms with Crippen LogP contribution in [0.2, 0.25) is 0 Å². The summed E-state index contributed by atoms with van der Waals surface area (Å²) in [4.78, 5) is 2.70. The zero-order valence-electron chi connectivity index (χ0n) is 12.9. The molecule has 21 heavy (non-hydrogen) atoms. The van der Waals surface area contributed by atoms with E-state index in [1.807, 2.05) is 12.1 Å². The first-order valence-electron chi connectivity index (χ1n) is 8.28. The molecule has 0 aromatic heterocycles. The normalized spacial score (nSPS) is 28.5. The molecule has 2 heterocycles. The number of nitrogens with one attached hydrogen (secondary N) is 1. The van der Waals surface area contributed by atoms with Crippen LogP contribution in [0.15, 0.2) is 24.3 Å². The van der Waals surface area contributed by atoms with Gasteiger partial charge in [-0.3, -0.25) is 4.90 Å². The second kappa shape index (κ2) is 6.60. The van der Waals surface area contributed by atoms with Gasteiger partial charge in [0.15, 0.2) is 0 Å². The molecule has 2 saturated heterocycles. The van der Waals surface area contributed by atoms with Crippen LogP contribution in [0.4, 0.5) is 0 Å². The highest BCUT2D eigenvalue weighted by molar-refractivity contribution is 5.31. The van der Waals surface area contributed by atoms with E-state index in [2.05, 4.69) is 35.3 Å². The Kier molecular flexibility index (Phi) is 4.57. The summed E-state index contributed by atoms with van der Waals surface area (Å²) >= 11 is 0. The van der Waals surface area contributed by atoms with Gasteiger partial charge in [0.2, 0.25) is 0 Å². The quantitative estimate of drug-likeness (QED) is 0.902. The van der Waals surface area contributed by atoms with Crippen molar-refractivity contribution >= 4 is 0 Å². The van der Waals surface area contributed by atoms with Crippen molar-refractivity contribution in [1.82, 2.24) is 10.2 Å². The van der Waals surface area contributed by atoms with Gasteiger partial charge in [-0.15, -0.1) is 0 Å². The first-order valence-corrected chi connectivity index (χ1v) is 8.28. The van der Waals surface area contributed by atoms with Gasteiger partial charge in [0.05, 0.1) is 11.6 Å². The van der Waals surface area contributed by atoms with Crippen molar-refractivity contribution in [3.8, 4) is 6.07 Å². The standard InChI is InChI=1S/C18H25N3/c1-2-9-20-16-10-17-7-8-18(11-16)21(17)13-15-5-3-14(12-19)4-6-15/h3-6,16-18,20H,2,7-11,13H2,1H3. The molecule has 0 radical (unpaired) electrons. The van der Waals surface area contributed by atoms with Crippen LogP contribution in [-0.2, 0) is 6.54 Å². The lowest BCUT2D eigenvalue weighted by Gasteiger charge is -2.39. The number of nitriles is 1. The van der Waals surface area contributed by atoms with Gasteiger partial charge in [-0.1, -0.05) is 19.1 Å². The minimum atomic E-state index is 0.722. The van der Waals surface area contributed by atoms with Gasteiger partial charge in [-0.05, 0) is 56.3 Å². The summed E-state index contributed by atoms with van der Waals surface area (Å²) in [6.45, 7) is 4.43. The lowest BCUT2D eigenvalue weighted by Crippen LogP contribution is -2.48. The zero-order valence-corrected chi connectivity index (χ0v) is 12.9. The molecule has 2 aliphatic rings. The summed E-state index contributed by atoms with van der Waals surface area (Å²) in [6.07, 6.45) is 6.52. The van der Waals surface area contributed by atoms with Gasteiger partial charge in [0.1, 0.15) is 0 Å². The predicted octanol–water partition coefficient (Wildman–Crippen LogP) is 3.05. The predicted molar refractivity (Wildman–Crippen MR) is 84.8 cm³/mol. The summed E-state index contributed by atoms with van der Waals surface area (Å²) in [7, 11) is 0. The van der Waals surface area contributed by atoms with Crippen molar-refractivity contribution in [2.24, 2.45) is 0 Å². The highest BCUT2D eigenvalue weighted by Gasteiger charge is 2.40. The maximum Gasteiger partial charge on any atom is 0.0991 e. The second-order valence-electron chi connectivity index (χ2n) is 6.49. The van der Waals surface area contributed by atoms with Crippen LogP contribution >= 0.6 is 0 Å². The highest BCUT2D eigenvalue weighted by atomic mass is 15.2. The second-order valence-corrected chi connectivity index (χ2v) is 6.49. The molecule has 0 aliphatic carbocycles. The lowest BCUT2D eigenvalue weighted by atomic mass is 9.96. The molecule has 2 unspecified atom stereocenters. The van der Waals surface area contributed by atoms with Crippen molar-refractivity contribution < 1.29 is 0 Å². The number of benzene rings is 1. The van der Waals surface area contributed by atoms with E-state index in [4.69, 9.17) is 5.26 Å². The Balaban J connectivity index is 1.61. The third-order valence-electron chi connectivity index (χ3n) is 5.02. The fraction of sp³-hybridized carbons (Fsp3) is 0.611. The van der Waals surface area contributed by atoms with E-state index in [9.17, 15) is 0 Å². The number of fused-ring (bicyclic) bond motifs is 2. The number of hydrogen-bond donors (Lipinski definition) is 1. The van der Waals surface area contributed by atoms with Gasteiger partial charge < -0.3 is 5.32 Å². The van der Waals surface area contributed by atoms with Crippen molar-refractivity contribution in [2.75, 3.05) is 6.54 Å². The highest BCUT2D eigenvalue weighted by Crippen LogP contribution is 2.36. The van der Waals surface area contributed by atoms with Gasteiger partial charge >= 0.3 is 0 Å². The Labute approximate surface area is 128 Å². The largest absolute Gasteiger partial charge is 0.314 e. The molecule has 2 atom stereocenters. The summed E-state index contributed by atoms with van der Waals surface area (Å²) in [5, 5.41) is 12.6. The zero-order chi connectivity index (χ0) is 14.7. The molecule has 1 aromatic carbocycles. The van der Waals surface area contributed by atoms with Gasteiger partial charge in [-0.25, -0.2) is 0 Å². The molecule has 2 fully saturated rings. The Morgan fingerprint density at radius 1 is 1.19 bits per heavy atom. The van der Waals surface area contributed by atoms with Crippen LogP contribution in [0.25, 0.3) is 0 Å². The van der Waals surface area contributed by atoms with E-state index in [1.165, 1.54) is 37.7 Å².